The summed E-state index contributed by atoms with van der Waals surface area (Å²) in [5.74, 6) is 0.319. The molecule has 0 amide bonds. The van der Waals surface area contributed by atoms with E-state index in [1.165, 1.54) is 6.42 Å². The minimum atomic E-state index is 0.196. The highest BCUT2D eigenvalue weighted by molar-refractivity contribution is 5.79. The molecule has 1 aliphatic rings. The van der Waals surface area contributed by atoms with Gasteiger partial charge in [0.25, 0.3) is 0 Å². The molecule has 1 saturated heterocycles. The number of rotatable bonds is 5. The quantitative estimate of drug-likeness (QED) is 0.632. The fourth-order valence-corrected chi connectivity index (χ4v) is 1.68. The lowest BCUT2D eigenvalue weighted by molar-refractivity contribution is -0.122. The van der Waals surface area contributed by atoms with Crippen LogP contribution >= 0.6 is 0 Å². The van der Waals surface area contributed by atoms with E-state index >= 15 is 0 Å². The van der Waals surface area contributed by atoms with Crippen LogP contribution in [0.25, 0.3) is 0 Å². The average molecular weight is 196 g/mol. The summed E-state index contributed by atoms with van der Waals surface area (Å²) in [5.41, 5.74) is 1.09. The fraction of sp³-hybridized carbons (Fsp3) is 0.750. The Bertz CT molecular complexity index is 202. The number of hydrogen-bond acceptors (Lipinski definition) is 2. The van der Waals surface area contributed by atoms with Gasteiger partial charge in [-0.25, -0.2) is 0 Å². The van der Waals surface area contributed by atoms with Gasteiger partial charge in [0.05, 0.1) is 6.10 Å². The highest BCUT2D eigenvalue weighted by atomic mass is 16.5. The summed E-state index contributed by atoms with van der Waals surface area (Å²) < 4.78 is 5.51. The molecule has 1 unspecified atom stereocenters. The summed E-state index contributed by atoms with van der Waals surface area (Å²) >= 11 is 0. The van der Waals surface area contributed by atoms with Crippen molar-refractivity contribution in [1.82, 2.24) is 0 Å². The Balaban J connectivity index is 2.15. The minimum Gasteiger partial charge on any atom is -0.378 e. The van der Waals surface area contributed by atoms with Crippen molar-refractivity contribution in [3.8, 4) is 0 Å². The van der Waals surface area contributed by atoms with E-state index in [4.69, 9.17) is 4.74 Å². The van der Waals surface area contributed by atoms with Gasteiger partial charge in [-0.3, -0.25) is 4.79 Å². The van der Waals surface area contributed by atoms with Gasteiger partial charge in [-0.15, -0.1) is 6.58 Å². The standard InChI is InChI=1S/C12H20O2/c1-10(2)6-7-11(13)9-12-5-3-4-8-14-12/h12H,1,3-9H2,2H3. The topological polar surface area (TPSA) is 26.3 Å². The molecule has 14 heavy (non-hydrogen) atoms. The van der Waals surface area contributed by atoms with Crippen molar-refractivity contribution >= 4 is 5.78 Å². The van der Waals surface area contributed by atoms with Crippen LogP contribution in [-0.2, 0) is 9.53 Å². The highest BCUT2D eigenvalue weighted by Gasteiger charge is 2.16. The lowest BCUT2D eigenvalue weighted by atomic mass is 10.0. The molecule has 1 aliphatic heterocycles. The van der Waals surface area contributed by atoms with Crippen LogP contribution in [-0.4, -0.2) is 18.5 Å². The Morgan fingerprint density at radius 2 is 2.21 bits per heavy atom. The van der Waals surface area contributed by atoms with Gasteiger partial charge in [0, 0.05) is 19.4 Å². The van der Waals surface area contributed by atoms with E-state index in [0.29, 0.717) is 18.6 Å². The first-order valence-electron chi connectivity index (χ1n) is 5.46. The zero-order valence-electron chi connectivity index (χ0n) is 9.05. The monoisotopic (exact) mass is 196 g/mol. The smallest absolute Gasteiger partial charge is 0.135 e. The third kappa shape index (κ3) is 4.56. The largest absolute Gasteiger partial charge is 0.378 e. The molecule has 0 bridgehead atoms. The molecule has 0 aromatic carbocycles. The molecule has 0 spiro atoms. The van der Waals surface area contributed by atoms with Crippen molar-refractivity contribution in [3.63, 3.8) is 0 Å². The van der Waals surface area contributed by atoms with Gasteiger partial charge in [-0.1, -0.05) is 5.57 Å². The average Bonchev–Trinajstić information content (AvgIpc) is 2.16. The molecule has 0 aromatic rings. The second-order valence-electron chi connectivity index (χ2n) is 4.19. The number of carbonyl (C=O) groups is 1. The molecule has 1 atom stereocenters. The first-order valence-corrected chi connectivity index (χ1v) is 5.46. The van der Waals surface area contributed by atoms with Crippen LogP contribution in [0, 0.1) is 0 Å². The van der Waals surface area contributed by atoms with Gasteiger partial charge in [0.2, 0.25) is 0 Å². The molecule has 0 radical (unpaired) electrons. The van der Waals surface area contributed by atoms with Crippen LogP contribution < -0.4 is 0 Å². The Morgan fingerprint density at radius 1 is 1.43 bits per heavy atom. The summed E-state index contributed by atoms with van der Waals surface area (Å²) in [6.07, 6.45) is 5.67. The van der Waals surface area contributed by atoms with Crippen molar-refractivity contribution in [2.45, 2.75) is 51.6 Å². The Kier molecular flexibility index (Phi) is 4.88. The van der Waals surface area contributed by atoms with Crippen LogP contribution in [0.3, 0.4) is 0 Å². The Morgan fingerprint density at radius 3 is 2.79 bits per heavy atom. The van der Waals surface area contributed by atoms with E-state index in [1.807, 2.05) is 6.92 Å². The molecular formula is C12H20O2. The number of carbonyl (C=O) groups excluding carboxylic acids is 1. The number of ether oxygens (including phenoxy) is 1. The van der Waals surface area contributed by atoms with E-state index in [9.17, 15) is 4.79 Å². The van der Waals surface area contributed by atoms with E-state index in [0.717, 1.165) is 31.4 Å². The van der Waals surface area contributed by atoms with Gasteiger partial charge in [-0.2, -0.15) is 0 Å². The highest BCUT2D eigenvalue weighted by Crippen LogP contribution is 2.17. The second-order valence-corrected chi connectivity index (χ2v) is 4.19. The Hall–Kier alpha value is -0.630. The summed E-state index contributed by atoms with van der Waals surface area (Å²) in [6.45, 7) is 6.58. The van der Waals surface area contributed by atoms with Gasteiger partial charge in [0.1, 0.15) is 5.78 Å². The third-order valence-corrected chi connectivity index (χ3v) is 2.56. The lowest BCUT2D eigenvalue weighted by Crippen LogP contribution is -2.22. The molecule has 2 heteroatoms. The number of ketones is 1. The molecule has 1 rings (SSSR count). The maximum atomic E-state index is 11.5. The predicted octanol–water partition coefficient (Wildman–Crippen LogP) is 2.87. The van der Waals surface area contributed by atoms with E-state index in [2.05, 4.69) is 6.58 Å². The molecule has 1 heterocycles. The van der Waals surface area contributed by atoms with Gasteiger partial charge >= 0.3 is 0 Å². The molecule has 0 N–H and O–H groups in total. The summed E-state index contributed by atoms with van der Waals surface area (Å²) in [5, 5.41) is 0. The van der Waals surface area contributed by atoms with Crippen molar-refractivity contribution in [2.75, 3.05) is 6.61 Å². The van der Waals surface area contributed by atoms with Gasteiger partial charge in [-0.05, 0) is 32.6 Å². The molecular weight excluding hydrogens is 176 g/mol. The van der Waals surface area contributed by atoms with Crippen molar-refractivity contribution in [1.29, 1.82) is 0 Å². The summed E-state index contributed by atoms with van der Waals surface area (Å²) in [6, 6.07) is 0. The van der Waals surface area contributed by atoms with Crippen LogP contribution in [0.1, 0.15) is 45.4 Å². The van der Waals surface area contributed by atoms with Crippen molar-refractivity contribution < 1.29 is 9.53 Å². The second kappa shape index (κ2) is 5.97. The third-order valence-electron chi connectivity index (χ3n) is 2.56. The predicted molar refractivity (Wildman–Crippen MR) is 57.3 cm³/mol. The van der Waals surface area contributed by atoms with Crippen molar-refractivity contribution in [2.24, 2.45) is 0 Å². The molecule has 1 fully saturated rings. The summed E-state index contributed by atoms with van der Waals surface area (Å²) in [7, 11) is 0. The molecule has 0 saturated carbocycles. The maximum Gasteiger partial charge on any atom is 0.135 e. The molecule has 0 aromatic heterocycles. The first kappa shape index (κ1) is 11.4. The molecule has 80 valence electrons. The number of hydrogen-bond donors (Lipinski definition) is 0. The van der Waals surface area contributed by atoms with Crippen LogP contribution in [0.15, 0.2) is 12.2 Å². The van der Waals surface area contributed by atoms with E-state index in [-0.39, 0.29) is 6.10 Å². The normalized spacial score (nSPS) is 21.9. The first-order chi connectivity index (χ1) is 6.68. The van der Waals surface area contributed by atoms with E-state index in [1.54, 1.807) is 0 Å². The number of Topliss-reactive ketones (excluding diaryl/α,β-unsaturated/α-hetero) is 1. The van der Waals surface area contributed by atoms with Crippen LogP contribution in [0.2, 0.25) is 0 Å². The zero-order chi connectivity index (χ0) is 10.4. The summed E-state index contributed by atoms with van der Waals surface area (Å²) in [4.78, 5) is 11.5. The van der Waals surface area contributed by atoms with Crippen molar-refractivity contribution in [3.05, 3.63) is 12.2 Å². The maximum absolute atomic E-state index is 11.5. The SMILES string of the molecule is C=C(C)CCC(=O)CC1CCCCO1. The molecule has 2 nitrogen and oxygen atoms in total. The number of allylic oxidation sites excluding steroid dienone is 1. The molecule has 0 aliphatic carbocycles. The van der Waals surface area contributed by atoms with Gasteiger partial charge < -0.3 is 4.74 Å². The zero-order valence-corrected chi connectivity index (χ0v) is 9.05. The van der Waals surface area contributed by atoms with E-state index < -0.39 is 0 Å². The fourth-order valence-electron chi connectivity index (χ4n) is 1.68. The lowest BCUT2D eigenvalue weighted by Gasteiger charge is -2.21. The van der Waals surface area contributed by atoms with Crippen LogP contribution in [0.4, 0.5) is 0 Å². The van der Waals surface area contributed by atoms with Gasteiger partial charge in [0.15, 0.2) is 0 Å². The van der Waals surface area contributed by atoms with Crippen LogP contribution in [0.5, 0.6) is 0 Å². The minimum absolute atomic E-state index is 0.196. The Labute approximate surface area is 86.3 Å².